The zero-order chi connectivity index (χ0) is 44.5. The summed E-state index contributed by atoms with van der Waals surface area (Å²) >= 11 is 0. The highest BCUT2D eigenvalue weighted by molar-refractivity contribution is 6.21. The molecule has 0 spiro atoms. The van der Waals surface area contributed by atoms with E-state index < -0.39 is 97.7 Å². The van der Waals surface area contributed by atoms with Crippen LogP contribution in [0.2, 0.25) is 0 Å². The van der Waals surface area contributed by atoms with Crippen molar-refractivity contribution in [2.24, 2.45) is 0 Å². The lowest BCUT2D eigenvalue weighted by Crippen LogP contribution is -2.69. The van der Waals surface area contributed by atoms with Gasteiger partial charge in [0.1, 0.15) is 43.2 Å². The van der Waals surface area contributed by atoms with E-state index >= 15 is 4.39 Å². The van der Waals surface area contributed by atoms with Crippen LogP contribution in [0.3, 0.4) is 0 Å². The summed E-state index contributed by atoms with van der Waals surface area (Å²) in [5, 5.41) is 0. The van der Waals surface area contributed by atoms with Crippen molar-refractivity contribution in [1.82, 2.24) is 4.90 Å². The minimum absolute atomic E-state index is 0.0232. The summed E-state index contributed by atoms with van der Waals surface area (Å²) in [5.41, 5.74) is 2.44. The molecule has 3 aliphatic heterocycles. The number of hydrogen-bond donors (Lipinski definition) is 0. The number of nitrogens with zero attached hydrogens (tertiary/aromatic N) is 1. The van der Waals surface area contributed by atoms with Gasteiger partial charge >= 0.3 is 17.9 Å². The third-order valence-corrected chi connectivity index (χ3v) is 10.6. The van der Waals surface area contributed by atoms with Crippen LogP contribution < -0.4 is 0 Å². The van der Waals surface area contributed by atoms with Gasteiger partial charge in [0.05, 0.1) is 37.6 Å². The fraction of sp³-hybridized carbons (Fsp3) is 0.383. The molecule has 0 radical (unpaired) electrons. The third-order valence-electron chi connectivity index (χ3n) is 10.6. The van der Waals surface area contributed by atoms with Crippen LogP contribution in [0.15, 0.2) is 115 Å². The average molecular weight is 870 g/mol. The Labute approximate surface area is 363 Å². The van der Waals surface area contributed by atoms with Crippen molar-refractivity contribution in [3.63, 3.8) is 0 Å². The van der Waals surface area contributed by atoms with Gasteiger partial charge in [-0.1, -0.05) is 103 Å². The second-order valence-corrected chi connectivity index (χ2v) is 15.2. The highest BCUT2D eigenvalue weighted by atomic mass is 19.1. The van der Waals surface area contributed by atoms with Gasteiger partial charge in [0, 0.05) is 20.8 Å². The van der Waals surface area contributed by atoms with Crippen LogP contribution in [0.25, 0.3) is 0 Å². The fourth-order valence-corrected chi connectivity index (χ4v) is 7.84. The van der Waals surface area contributed by atoms with Crippen LogP contribution in [0.5, 0.6) is 0 Å². The average Bonchev–Trinajstić information content (AvgIpc) is 3.52. The van der Waals surface area contributed by atoms with E-state index in [-0.39, 0.29) is 37.6 Å². The Bertz CT molecular complexity index is 2160. The van der Waals surface area contributed by atoms with E-state index in [1.54, 1.807) is 12.1 Å². The first-order valence-corrected chi connectivity index (χ1v) is 20.5. The van der Waals surface area contributed by atoms with Gasteiger partial charge in [-0.2, -0.15) is 0 Å². The number of carbonyl (C=O) groups excluding carboxylic acids is 5. The first kappa shape index (κ1) is 45.2. The molecule has 0 saturated carbocycles. The predicted octanol–water partition coefficient (Wildman–Crippen LogP) is 5.27. The van der Waals surface area contributed by atoms with Crippen molar-refractivity contribution in [1.29, 1.82) is 0 Å². The van der Waals surface area contributed by atoms with E-state index in [1.165, 1.54) is 12.1 Å². The molecule has 3 heterocycles. The zero-order valence-electron chi connectivity index (χ0n) is 34.8. The smallest absolute Gasteiger partial charge is 0.303 e. The first-order valence-electron chi connectivity index (χ1n) is 20.5. The van der Waals surface area contributed by atoms with E-state index in [2.05, 4.69) is 0 Å². The number of esters is 3. The first-order chi connectivity index (χ1) is 30.5. The SMILES string of the molecule is CC(=O)OC[C@H]1O[C@@H](O[C@H]2[C@@H](OCc3ccccc3)[C@H](OCc3ccccc3)[C@@H](COCc3ccccc3)O[C@H]2F)[C@H](N2C(=O)c3ccccc3C2=O)[C@@H](OC(C)=O)[C@@H]1OC(C)=O. The Morgan fingerprint density at radius 2 is 1.03 bits per heavy atom. The molecule has 4 aromatic rings. The topological polar surface area (TPSA) is 172 Å². The molecule has 4 aromatic carbocycles. The van der Waals surface area contributed by atoms with Gasteiger partial charge in [0.2, 0.25) is 6.36 Å². The summed E-state index contributed by atoms with van der Waals surface area (Å²) in [5.74, 6) is -4.12. The van der Waals surface area contributed by atoms with Crippen LogP contribution in [0.4, 0.5) is 4.39 Å². The number of fused-ring (bicyclic) bond motifs is 1. The molecule has 15 nitrogen and oxygen atoms in total. The van der Waals surface area contributed by atoms with E-state index in [1.807, 2.05) is 91.0 Å². The maximum absolute atomic E-state index is 17.1. The molecule has 2 saturated heterocycles. The number of halogens is 1. The van der Waals surface area contributed by atoms with Gasteiger partial charge in [-0.3, -0.25) is 28.9 Å². The van der Waals surface area contributed by atoms with Crippen molar-refractivity contribution < 1.29 is 71.0 Å². The summed E-state index contributed by atoms with van der Waals surface area (Å²) in [6.45, 7) is 2.77. The maximum atomic E-state index is 17.1. The lowest BCUT2D eigenvalue weighted by atomic mass is 9.94. The Morgan fingerprint density at radius 3 is 1.56 bits per heavy atom. The molecule has 63 heavy (non-hydrogen) atoms. The fourth-order valence-electron chi connectivity index (χ4n) is 7.84. The minimum Gasteiger partial charge on any atom is -0.463 e. The van der Waals surface area contributed by atoms with Crippen LogP contribution in [-0.4, -0.2) is 109 Å². The van der Waals surface area contributed by atoms with Gasteiger partial charge in [-0.05, 0) is 28.8 Å². The molecule has 16 heteroatoms. The maximum Gasteiger partial charge on any atom is 0.303 e. The Morgan fingerprint density at radius 1 is 0.556 bits per heavy atom. The number of carbonyl (C=O) groups is 5. The molecule has 3 aliphatic rings. The normalized spacial score (nSPS) is 26.8. The molecule has 0 unspecified atom stereocenters. The molecule has 10 atom stereocenters. The predicted molar refractivity (Wildman–Crippen MR) is 218 cm³/mol. The second-order valence-electron chi connectivity index (χ2n) is 15.2. The number of hydrogen-bond acceptors (Lipinski definition) is 14. The summed E-state index contributed by atoms with van der Waals surface area (Å²) in [4.78, 5) is 66.8. The van der Waals surface area contributed by atoms with Gasteiger partial charge in [0.15, 0.2) is 18.5 Å². The molecule has 7 rings (SSSR count). The molecule has 2 fully saturated rings. The summed E-state index contributed by atoms with van der Waals surface area (Å²) < 4.78 is 72.0. The summed E-state index contributed by atoms with van der Waals surface area (Å²) in [6, 6.07) is 32.1. The monoisotopic (exact) mass is 869 g/mol. The van der Waals surface area contributed by atoms with Crippen molar-refractivity contribution in [2.45, 2.75) is 102 Å². The third kappa shape index (κ3) is 11.0. The minimum atomic E-state index is -2.29. The second kappa shape index (κ2) is 21.0. The number of ether oxygens (including phenoxy) is 9. The van der Waals surface area contributed by atoms with E-state index in [4.69, 9.17) is 42.6 Å². The highest BCUT2D eigenvalue weighted by Crippen LogP contribution is 2.39. The molecule has 0 bridgehead atoms. The van der Waals surface area contributed by atoms with Crippen molar-refractivity contribution in [3.8, 4) is 0 Å². The van der Waals surface area contributed by atoms with Crippen LogP contribution >= 0.6 is 0 Å². The zero-order valence-corrected chi connectivity index (χ0v) is 34.8. The van der Waals surface area contributed by atoms with Crippen LogP contribution in [0, 0.1) is 0 Å². The molecular weight excluding hydrogens is 822 g/mol. The lowest BCUT2D eigenvalue weighted by molar-refractivity contribution is -0.351. The number of rotatable bonds is 17. The van der Waals surface area contributed by atoms with Crippen molar-refractivity contribution >= 4 is 29.7 Å². The molecule has 332 valence electrons. The number of amides is 2. The molecule has 0 N–H and O–H groups in total. The van der Waals surface area contributed by atoms with Gasteiger partial charge in [-0.25, -0.2) is 4.39 Å². The number of alkyl halides is 1. The molecular formula is C47H48FNO14. The van der Waals surface area contributed by atoms with Crippen LogP contribution in [-0.2, 0) is 76.8 Å². The van der Waals surface area contributed by atoms with E-state index in [0.29, 0.717) is 0 Å². The molecule has 0 aliphatic carbocycles. The quantitative estimate of drug-likeness (QED) is 0.0764. The van der Waals surface area contributed by atoms with Crippen molar-refractivity contribution in [3.05, 3.63) is 143 Å². The van der Waals surface area contributed by atoms with Gasteiger partial charge in [0.25, 0.3) is 11.8 Å². The largest absolute Gasteiger partial charge is 0.463 e. The Kier molecular flexibility index (Phi) is 15.0. The summed E-state index contributed by atoms with van der Waals surface area (Å²) in [7, 11) is 0. The summed E-state index contributed by atoms with van der Waals surface area (Å²) in [6.07, 6.45) is -14.0. The number of imide groups is 1. The molecule has 2 amide bonds. The molecule has 0 aromatic heterocycles. The van der Waals surface area contributed by atoms with Gasteiger partial charge < -0.3 is 42.6 Å². The standard InChI is InChI=1S/C47H48FNO14/c1-28(50)56-27-37-40(59-29(2)51)41(60-30(3)52)38(49-45(53)34-21-13-14-22-35(34)46(49)54)47(62-37)63-43-42(58-25-33-19-11-6-12-20-33)39(57-24-32-17-9-5-10-18-32)36(61-44(43)48)26-55-23-31-15-7-4-8-16-31/h4-22,36-44,47H,23-27H2,1-3H3/t36-,37-,38-,39-,40-,41-,42+,43+,44-,47+/m1/s1. The van der Waals surface area contributed by atoms with E-state index in [9.17, 15) is 24.0 Å². The highest BCUT2D eigenvalue weighted by Gasteiger charge is 2.59. The lowest BCUT2D eigenvalue weighted by Gasteiger charge is -2.50. The Balaban J connectivity index is 1.29. The van der Waals surface area contributed by atoms with Crippen molar-refractivity contribution in [2.75, 3.05) is 13.2 Å². The van der Waals surface area contributed by atoms with E-state index in [0.717, 1.165) is 42.4 Å². The Hall–Kier alpha value is -5.88. The van der Waals surface area contributed by atoms with Crippen LogP contribution in [0.1, 0.15) is 58.2 Å². The number of benzene rings is 4. The van der Waals surface area contributed by atoms with Gasteiger partial charge in [-0.15, -0.1) is 0 Å².